The van der Waals surface area contributed by atoms with Gasteiger partial charge in [0.05, 0.1) is 0 Å². The maximum atomic E-state index is 4.65. The molecule has 4 heavy (non-hydrogen) atoms. The zero-order chi connectivity index (χ0) is 3.41. The van der Waals surface area contributed by atoms with Crippen LogP contribution in [0.3, 0.4) is 0 Å². The fourth-order valence-electron chi connectivity index (χ4n) is 0. The van der Waals surface area contributed by atoms with Crippen molar-refractivity contribution in [2.24, 2.45) is 0 Å². The lowest BCUT2D eigenvalue weighted by Crippen LogP contribution is -1.43. The highest BCUT2D eigenvalue weighted by atomic mass is 32.2. The van der Waals surface area contributed by atoms with E-state index < -0.39 is 0 Å². The summed E-state index contributed by atoms with van der Waals surface area (Å²) in [5.74, 6) is 0. The molecule has 0 N–H and O–H groups in total. The van der Waals surface area contributed by atoms with Gasteiger partial charge in [0.2, 0.25) is 7.12 Å². The molecule has 2 radical (unpaired) electrons. The van der Waals surface area contributed by atoms with Crippen molar-refractivity contribution in [3.8, 4) is 0 Å². The van der Waals surface area contributed by atoms with Gasteiger partial charge >= 0.3 is 0 Å². The smallest absolute Gasteiger partial charge is 0.205 e. The van der Waals surface area contributed by atoms with E-state index in [1.54, 1.807) is 0 Å². The van der Waals surface area contributed by atoms with Crippen molar-refractivity contribution in [1.82, 2.24) is 0 Å². The molecule has 0 rings (SSSR count). The van der Waals surface area contributed by atoms with E-state index in [4.69, 9.17) is 0 Å². The van der Waals surface area contributed by atoms with Gasteiger partial charge in [0.25, 0.3) is 0 Å². The summed E-state index contributed by atoms with van der Waals surface area (Å²) in [7, 11) is 4.65. The first-order chi connectivity index (χ1) is 1.91. The summed E-state index contributed by atoms with van der Waals surface area (Å²) < 4.78 is 3.93. The highest BCUT2D eigenvalue weighted by Gasteiger charge is 1.54. The highest BCUT2D eigenvalue weighted by Crippen LogP contribution is 1.92. The van der Waals surface area contributed by atoms with Crippen LogP contribution in [0.25, 0.3) is 0 Å². The lowest BCUT2D eigenvalue weighted by molar-refractivity contribution is 0.787. The van der Waals surface area contributed by atoms with Crippen molar-refractivity contribution >= 4 is 31.9 Å². The Hall–Kier alpha value is 0.725. The van der Waals surface area contributed by atoms with Crippen molar-refractivity contribution in [2.45, 2.75) is 0 Å². The third-order valence-electron chi connectivity index (χ3n) is 0.0430. The summed E-state index contributed by atoms with van der Waals surface area (Å²) in [5.41, 5.74) is 0. The quantitative estimate of drug-likeness (QED) is 0.288. The summed E-state index contributed by atoms with van der Waals surface area (Å²) in [6.45, 7) is 0. The second-order valence-corrected chi connectivity index (χ2v) is 0.959. The molecule has 0 heterocycles. The van der Waals surface area contributed by atoms with E-state index in [1.807, 2.05) is 0 Å². The molecule has 0 unspecified atom stereocenters. The summed E-state index contributed by atoms with van der Waals surface area (Å²) in [6.07, 6.45) is 0. The van der Waals surface area contributed by atoms with Gasteiger partial charge in [-0.15, -0.1) is 0 Å². The van der Waals surface area contributed by atoms with Gasteiger partial charge in [0.15, 0.2) is 0 Å². The molecule has 0 aliphatic rings. The third kappa shape index (κ3) is 2.72. The SMILES string of the molecule is [B]SOS. The van der Waals surface area contributed by atoms with Crippen LogP contribution in [0.4, 0.5) is 0 Å². The first-order valence-electron chi connectivity index (χ1n) is 0.585. The molecule has 22 valence electrons. The van der Waals surface area contributed by atoms with Crippen LogP contribution < -0.4 is 0 Å². The Kier molecular flexibility index (Phi) is 4.40. The number of thiol groups is 1. The molecular weight excluding hydrogens is 90.9 g/mol. The molecule has 0 amide bonds. The van der Waals surface area contributed by atoms with Crippen LogP contribution >= 0.6 is 24.8 Å². The van der Waals surface area contributed by atoms with Crippen LogP contribution in [-0.4, -0.2) is 7.12 Å². The molecule has 0 saturated heterocycles. The zero-order valence-electron chi connectivity index (χ0n) is 1.84. The van der Waals surface area contributed by atoms with E-state index in [0.717, 1.165) is 11.9 Å². The second-order valence-electron chi connectivity index (χ2n) is 0.171. The Labute approximate surface area is 36.2 Å². The van der Waals surface area contributed by atoms with Crippen molar-refractivity contribution in [2.75, 3.05) is 0 Å². The fraction of sp³-hybridized carbons (Fsp3) is 0. The third-order valence-corrected chi connectivity index (χ3v) is 0.387. The van der Waals surface area contributed by atoms with E-state index in [0.29, 0.717) is 0 Å². The van der Waals surface area contributed by atoms with Crippen molar-refractivity contribution in [3.63, 3.8) is 0 Å². The Morgan fingerprint density at radius 3 is 2.25 bits per heavy atom. The first kappa shape index (κ1) is 4.72. The van der Waals surface area contributed by atoms with Crippen LogP contribution in [0.15, 0.2) is 0 Å². The molecule has 0 spiro atoms. The van der Waals surface area contributed by atoms with E-state index in [2.05, 4.69) is 23.7 Å². The van der Waals surface area contributed by atoms with E-state index >= 15 is 0 Å². The normalized spacial score (nSPS) is 7.25. The van der Waals surface area contributed by atoms with Gasteiger partial charge in [0.1, 0.15) is 0 Å². The van der Waals surface area contributed by atoms with Gasteiger partial charge in [-0.05, 0) is 12.9 Å². The van der Waals surface area contributed by atoms with Crippen molar-refractivity contribution < 1.29 is 3.63 Å². The van der Waals surface area contributed by atoms with E-state index in [1.165, 1.54) is 0 Å². The zero-order valence-corrected chi connectivity index (χ0v) is 3.55. The number of hydrogen-bond donors (Lipinski definition) is 1. The standard InChI is InChI=1S/BHOS2/c1-4-2-3/h3H. The molecule has 0 bridgehead atoms. The Bertz CT molecular complexity index is 8.00. The fourth-order valence-corrected chi connectivity index (χ4v) is 0. The maximum absolute atomic E-state index is 4.65. The average molecular weight is 92.0 g/mol. The first-order valence-corrected chi connectivity index (χ1v) is 1.75. The summed E-state index contributed by atoms with van der Waals surface area (Å²) in [4.78, 5) is 0. The average Bonchev–Trinajstić information content (AvgIpc) is 1.37. The molecule has 0 aromatic heterocycles. The lowest BCUT2D eigenvalue weighted by atomic mass is 10.8. The van der Waals surface area contributed by atoms with Crippen molar-refractivity contribution in [3.05, 3.63) is 0 Å². The predicted octanol–water partition coefficient (Wildman–Crippen LogP) is 0.579. The topological polar surface area (TPSA) is 9.23 Å². The minimum Gasteiger partial charge on any atom is -0.264 e. The molecule has 0 atom stereocenters. The molecule has 0 aromatic rings. The van der Waals surface area contributed by atoms with E-state index in [9.17, 15) is 0 Å². The van der Waals surface area contributed by atoms with Crippen LogP contribution in [-0.2, 0) is 3.63 Å². The Morgan fingerprint density at radius 2 is 2.25 bits per heavy atom. The van der Waals surface area contributed by atoms with Gasteiger partial charge in [-0.3, -0.25) is 3.63 Å². The predicted molar refractivity (Wildman–Crippen MR) is 23.4 cm³/mol. The molecule has 0 aromatic carbocycles. The molecule has 0 aliphatic carbocycles. The van der Waals surface area contributed by atoms with Gasteiger partial charge < -0.3 is 0 Å². The largest absolute Gasteiger partial charge is 0.264 e. The van der Waals surface area contributed by atoms with Crippen LogP contribution in [0.5, 0.6) is 0 Å². The van der Waals surface area contributed by atoms with E-state index in [-0.39, 0.29) is 0 Å². The molecule has 0 saturated carbocycles. The summed E-state index contributed by atoms with van der Waals surface area (Å²) in [5, 5.41) is 0. The number of hydrogen-bond acceptors (Lipinski definition) is 3. The van der Waals surface area contributed by atoms with Gasteiger partial charge in [-0.1, -0.05) is 11.9 Å². The summed E-state index contributed by atoms with van der Waals surface area (Å²) >= 11 is 3.98. The molecule has 0 aliphatic heterocycles. The van der Waals surface area contributed by atoms with Crippen molar-refractivity contribution in [1.29, 1.82) is 0 Å². The van der Waals surface area contributed by atoms with Crippen LogP contribution in [0.2, 0.25) is 0 Å². The monoisotopic (exact) mass is 92.0 g/mol. The minimum atomic E-state index is 0.721. The number of rotatable bonds is 1. The van der Waals surface area contributed by atoms with Crippen LogP contribution in [0, 0.1) is 0 Å². The maximum Gasteiger partial charge on any atom is 0.205 e. The van der Waals surface area contributed by atoms with Crippen LogP contribution in [0.1, 0.15) is 0 Å². The van der Waals surface area contributed by atoms with Gasteiger partial charge in [-0.25, -0.2) is 0 Å². The lowest BCUT2D eigenvalue weighted by Gasteiger charge is -1.72. The highest BCUT2D eigenvalue weighted by molar-refractivity contribution is 8.19. The molecule has 1 nitrogen and oxygen atoms in total. The molecule has 4 heteroatoms. The van der Waals surface area contributed by atoms with Gasteiger partial charge in [-0.2, -0.15) is 0 Å². The Balaban J connectivity index is 1.97. The molecular formula is HBOS2. The second kappa shape index (κ2) is 3.72. The van der Waals surface area contributed by atoms with Gasteiger partial charge in [0, 0.05) is 0 Å². The minimum absolute atomic E-state index is 0.721. The molecule has 0 fully saturated rings. The summed E-state index contributed by atoms with van der Waals surface area (Å²) in [6, 6.07) is 0. The Morgan fingerprint density at radius 1 is 2.00 bits per heavy atom.